The molecule has 0 radical (unpaired) electrons. The summed E-state index contributed by atoms with van der Waals surface area (Å²) >= 11 is 5.70. The molecule has 0 aromatic heterocycles. The van der Waals surface area contributed by atoms with Crippen LogP contribution in [0.3, 0.4) is 0 Å². The maximum Gasteiger partial charge on any atom is 0.163 e. The highest BCUT2D eigenvalue weighted by molar-refractivity contribution is 8.12. The van der Waals surface area contributed by atoms with Crippen molar-refractivity contribution in [3.63, 3.8) is 0 Å². The number of rotatable bonds is 0. The molecule has 0 bridgehead atoms. The smallest absolute Gasteiger partial charge is 0.163 e. The van der Waals surface area contributed by atoms with Crippen LogP contribution < -0.4 is 0 Å². The van der Waals surface area contributed by atoms with E-state index < -0.39 is 19.0 Å². The molecular formula is C14H12N4S4. The van der Waals surface area contributed by atoms with Gasteiger partial charge in [-0.05, 0) is 35.9 Å². The average molecular weight is 365 g/mol. The Balaban J connectivity index is 2.33. The lowest BCUT2D eigenvalue weighted by Gasteiger charge is -2.68. The lowest BCUT2D eigenvalue weighted by atomic mass is 9.55. The third kappa shape index (κ3) is 1.44. The standard InChI is InChI=1S/C14H12N4S4/c15-7-11-12(8-16,20-4-1-3-19-11)14(10-18)13(11,9-17)21-5-2-6-22-14/h1-6H2. The summed E-state index contributed by atoms with van der Waals surface area (Å²) in [5.41, 5.74) is 0. The molecule has 0 unspecified atom stereocenters. The first-order valence-corrected chi connectivity index (χ1v) is 10.8. The van der Waals surface area contributed by atoms with E-state index in [1.54, 1.807) is 0 Å². The Morgan fingerprint density at radius 1 is 0.500 bits per heavy atom. The average Bonchev–Trinajstić information content (AvgIpc) is 2.84. The van der Waals surface area contributed by atoms with Gasteiger partial charge in [-0.3, -0.25) is 0 Å². The molecule has 2 heterocycles. The van der Waals surface area contributed by atoms with E-state index in [9.17, 15) is 21.0 Å². The van der Waals surface area contributed by atoms with Gasteiger partial charge in [0.25, 0.3) is 0 Å². The van der Waals surface area contributed by atoms with Gasteiger partial charge in [-0.25, -0.2) is 0 Å². The van der Waals surface area contributed by atoms with Crippen molar-refractivity contribution in [3.8, 4) is 24.3 Å². The van der Waals surface area contributed by atoms with Crippen LogP contribution in [0.5, 0.6) is 0 Å². The third-order valence-electron chi connectivity index (χ3n) is 4.46. The Kier molecular flexibility index (Phi) is 4.03. The summed E-state index contributed by atoms with van der Waals surface area (Å²) in [6, 6.07) is 9.35. The Bertz CT molecular complexity index is 540. The Morgan fingerprint density at radius 3 is 0.909 bits per heavy atom. The van der Waals surface area contributed by atoms with E-state index in [4.69, 9.17) is 0 Å². The fraction of sp³-hybridized carbons (Fsp3) is 0.714. The highest BCUT2D eigenvalue weighted by atomic mass is 32.2. The second-order valence-corrected chi connectivity index (χ2v) is 10.5. The van der Waals surface area contributed by atoms with Gasteiger partial charge in [-0.1, -0.05) is 0 Å². The molecule has 0 spiro atoms. The summed E-state index contributed by atoms with van der Waals surface area (Å²) in [6.07, 6.45) is 1.78. The van der Waals surface area contributed by atoms with Crippen molar-refractivity contribution in [1.82, 2.24) is 0 Å². The van der Waals surface area contributed by atoms with E-state index in [0.29, 0.717) is 0 Å². The van der Waals surface area contributed by atoms with Crippen molar-refractivity contribution in [3.05, 3.63) is 0 Å². The Hall–Kier alpha value is -0.640. The van der Waals surface area contributed by atoms with Crippen LogP contribution in [0.25, 0.3) is 0 Å². The zero-order valence-electron chi connectivity index (χ0n) is 11.7. The van der Waals surface area contributed by atoms with E-state index in [0.717, 1.165) is 35.9 Å². The normalized spacial score (nSPS) is 46.7. The Labute approximate surface area is 147 Å². The Morgan fingerprint density at radius 2 is 0.727 bits per heavy atom. The molecule has 4 nitrogen and oxygen atoms in total. The summed E-state index contributed by atoms with van der Waals surface area (Å²) in [5, 5.41) is 40.0. The number of fused-ring (bicyclic) bond motifs is 4. The molecule has 2 aliphatic heterocycles. The monoisotopic (exact) mass is 364 g/mol. The number of thioether (sulfide) groups is 4. The second-order valence-electron chi connectivity index (χ2n) is 5.27. The van der Waals surface area contributed by atoms with E-state index in [-0.39, 0.29) is 0 Å². The van der Waals surface area contributed by atoms with Gasteiger partial charge in [-0.15, -0.1) is 47.0 Å². The van der Waals surface area contributed by atoms with Gasteiger partial charge in [0.15, 0.2) is 19.0 Å². The van der Waals surface area contributed by atoms with Crippen molar-refractivity contribution >= 4 is 47.0 Å². The molecule has 0 atom stereocenters. The van der Waals surface area contributed by atoms with Gasteiger partial charge in [0.05, 0.1) is 24.3 Å². The van der Waals surface area contributed by atoms with Gasteiger partial charge < -0.3 is 0 Å². The van der Waals surface area contributed by atoms with Crippen molar-refractivity contribution in [2.75, 3.05) is 23.0 Å². The quantitative estimate of drug-likeness (QED) is 0.647. The minimum absolute atomic E-state index is 0.750. The molecule has 0 amide bonds. The fourth-order valence-corrected chi connectivity index (χ4v) is 11.4. The van der Waals surface area contributed by atoms with Crippen LogP contribution in [0.4, 0.5) is 0 Å². The number of hydrogen-bond acceptors (Lipinski definition) is 8. The predicted octanol–water partition coefficient (Wildman–Crippen LogP) is 2.79. The van der Waals surface area contributed by atoms with Crippen LogP contribution in [-0.4, -0.2) is 42.0 Å². The molecule has 0 aromatic carbocycles. The first kappa shape index (κ1) is 16.2. The van der Waals surface area contributed by atoms with Crippen molar-refractivity contribution in [1.29, 1.82) is 21.0 Å². The second kappa shape index (κ2) is 5.47. The lowest BCUT2D eigenvalue weighted by Crippen LogP contribution is -2.88. The van der Waals surface area contributed by atoms with Crippen LogP contribution in [0.15, 0.2) is 0 Å². The van der Waals surface area contributed by atoms with E-state index >= 15 is 0 Å². The fourth-order valence-electron chi connectivity index (χ4n) is 3.52. The number of nitrogens with zero attached hydrogens (tertiary/aromatic N) is 4. The number of nitriles is 4. The molecule has 0 aromatic rings. The highest BCUT2D eigenvalue weighted by Gasteiger charge is 2.92. The lowest BCUT2D eigenvalue weighted by molar-refractivity contribution is 0.291. The first-order chi connectivity index (χ1) is 10.7. The van der Waals surface area contributed by atoms with Crippen LogP contribution in [0, 0.1) is 45.3 Å². The SMILES string of the molecule is N#CC12SCCCSC1(C#N)C1(C#N)SCCCSC21C#N. The first-order valence-electron chi connectivity index (χ1n) is 6.87. The summed E-state index contributed by atoms with van der Waals surface area (Å²) < 4.78 is -4.55. The molecule has 112 valence electrons. The summed E-state index contributed by atoms with van der Waals surface area (Å²) in [6.45, 7) is 0. The van der Waals surface area contributed by atoms with Gasteiger partial charge in [-0.2, -0.15) is 21.0 Å². The molecule has 8 heteroatoms. The summed E-state index contributed by atoms with van der Waals surface area (Å²) in [4.78, 5) is 0. The van der Waals surface area contributed by atoms with Crippen molar-refractivity contribution in [2.24, 2.45) is 0 Å². The summed E-state index contributed by atoms with van der Waals surface area (Å²) in [7, 11) is 0. The molecule has 3 fully saturated rings. The van der Waals surface area contributed by atoms with Crippen LogP contribution >= 0.6 is 47.0 Å². The summed E-state index contributed by atoms with van der Waals surface area (Å²) in [5.74, 6) is 3.00. The molecule has 2 saturated heterocycles. The van der Waals surface area contributed by atoms with Gasteiger partial charge >= 0.3 is 0 Å². The van der Waals surface area contributed by atoms with Crippen LogP contribution in [-0.2, 0) is 0 Å². The largest absolute Gasteiger partial charge is 0.197 e. The van der Waals surface area contributed by atoms with E-state index in [2.05, 4.69) is 24.3 Å². The molecule has 3 aliphatic rings. The van der Waals surface area contributed by atoms with E-state index in [1.165, 1.54) is 47.0 Å². The predicted molar refractivity (Wildman–Crippen MR) is 92.4 cm³/mol. The minimum Gasteiger partial charge on any atom is -0.197 e. The highest BCUT2D eigenvalue weighted by Crippen LogP contribution is 2.78. The molecule has 3 rings (SSSR count). The molecule has 0 N–H and O–H groups in total. The topological polar surface area (TPSA) is 95.2 Å². The van der Waals surface area contributed by atoms with Crippen LogP contribution in [0.2, 0.25) is 0 Å². The van der Waals surface area contributed by atoms with E-state index in [1.807, 2.05) is 0 Å². The molecular weight excluding hydrogens is 352 g/mol. The van der Waals surface area contributed by atoms with Gasteiger partial charge in [0, 0.05) is 0 Å². The molecule has 1 saturated carbocycles. The van der Waals surface area contributed by atoms with Gasteiger partial charge in [0.2, 0.25) is 0 Å². The zero-order valence-corrected chi connectivity index (χ0v) is 14.9. The third-order valence-corrected chi connectivity index (χ3v) is 11.5. The van der Waals surface area contributed by atoms with Gasteiger partial charge in [0.1, 0.15) is 0 Å². The van der Waals surface area contributed by atoms with Crippen molar-refractivity contribution < 1.29 is 0 Å². The van der Waals surface area contributed by atoms with Crippen molar-refractivity contribution in [2.45, 2.75) is 31.8 Å². The molecule has 1 aliphatic carbocycles. The zero-order chi connectivity index (χ0) is 15.9. The number of hydrogen-bond donors (Lipinski definition) is 0. The minimum atomic E-state index is -1.14. The maximum atomic E-state index is 10.0. The maximum absolute atomic E-state index is 10.0. The van der Waals surface area contributed by atoms with Crippen LogP contribution in [0.1, 0.15) is 12.8 Å². The molecule has 22 heavy (non-hydrogen) atoms.